The van der Waals surface area contributed by atoms with Crippen molar-refractivity contribution in [2.45, 2.75) is 12.5 Å². The average molecular weight is 324 g/mol. The molecule has 100 valence electrons. The Hall–Kier alpha value is -1.39. The molecule has 2 aromatic carbocycles. The predicted molar refractivity (Wildman–Crippen MR) is 77.7 cm³/mol. The molecule has 0 aliphatic heterocycles. The molecular formula is C15H15BrFNO. The minimum atomic E-state index is -0.315. The van der Waals surface area contributed by atoms with Gasteiger partial charge in [-0.25, -0.2) is 4.39 Å². The molecule has 0 aliphatic rings. The van der Waals surface area contributed by atoms with E-state index in [-0.39, 0.29) is 11.9 Å². The minimum absolute atomic E-state index is 0.307. The number of hydrogen-bond donors (Lipinski definition) is 1. The number of ether oxygens (including phenoxy) is 1. The zero-order valence-corrected chi connectivity index (χ0v) is 12.2. The minimum Gasteiger partial charge on any atom is -0.496 e. The fourth-order valence-corrected chi connectivity index (χ4v) is 2.45. The number of halogens is 2. The van der Waals surface area contributed by atoms with Crippen LogP contribution in [0, 0.1) is 5.82 Å². The highest BCUT2D eigenvalue weighted by atomic mass is 79.9. The Kier molecular flexibility index (Phi) is 4.56. The van der Waals surface area contributed by atoms with E-state index in [2.05, 4.69) is 15.9 Å². The lowest BCUT2D eigenvalue weighted by Crippen LogP contribution is -2.15. The molecular weight excluding hydrogens is 309 g/mol. The highest BCUT2D eigenvalue weighted by Gasteiger charge is 2.14. The van der Waals surface area contributed by atoms with Crippen molar-refractivity contribution >= 4 is 15.9 Å². The largest absolute Gasteiger partial charge is 0.496 e. The topological polar surface area (TPSA) is 35.2 Å². The summed E-state index contributed by atoms with van der Waals surface area (Å²) < 4.78 is 19.6. The molecule has 0 saturated carbocycles. The first-order valence-corrected chi connectivity index (χ1v) is 6.73. The molecule has 0 saturated heterocycles. The second-order valence-electron chi connectivity index (χ2n) is 4.29. The van der Waals surface area contributed by atoms with Crippen molar-refractivity contribution in [3.8, 4) is 5.75 Å². The second-order valence-corrected chi connectivity index (χ2v) is 5.14. The van der Waals surface area contributed by atoms with Crippen LogP contribution in [0.25, 0.3) is 0 Å². The van der Waals surface area contributed by atoms with Crippen molar-refractivity contribution in [3.05, 3.63) is 63.9 Å². The highest BCUT2D eigenvalue weighted by molar-refractivity contribution is 9.10. The van der Waals surface area contributed by atoms with E-state index in [1.165, 1.54) is 12.1 Å². The van der Waals surface area contributed by atoms with Crippen molar-refractivity contribution in [1.29, 1.82) is 0 Å². The molecule has 0 radical (unpaired) electrons. The SMILES string of the molecule is COc1ccc(F)cc1C(N)Cc1ccccc1Br. The molecule has 2 aromatic rings. The molecule has 1 unspecified atom stereocenters. The van der Waals surface area contributed by atoms with E-state index in [1.807, 2.05) is 24.3 Å². The van der Waals surface area contributed by atoms with Gasteiger partial charge in [0.15, 0.2) is 0 Å². The third-order valence-corrected chi connectivity index (χ3v) is 3.76. The maximum atomic E-state index is 13.3. The highest BCUT2D eigenvalue weighted by Crippen LogP contribution is 2.28. The van der Waals surface area contributed by atoms with Crippen molar-refractivity contribution in [2.24, 2.45) is 5.73 Å². The molecule has 1 atom stereocenters. The molecule has 19 heavy (non-hydrogen) atoms. The summed E-state index contributed by atoms with van der Waals surface area (Å²) in [5.41, 5.74) is 7.94. The first-order chi connectivity index (χ1) is 9.11. The van der Waals surface area contributed by atoms with E-state index in [0.29, 0.717) is 17.7 Å². The summed E-state index contributed by atoms with van der Waals surface area (Å²) in [6.45, 7) is 0. The first-order valence-electron chi connectivity index (χ1n) is 5.94. The molecule has 0 amide bonds. The second kappa shape index (κ2) is 6.17. The summed E-state index contributed by atoms with van der Waals surface area (Å²) in [4.78, 5) is 0. The van der Waals surface area contributed by atoms with Crippen LogP contribution >= 0.6 is 15.9 Å². The van der Waals surface area contributed by atoms with Gasteiger partial charge in [0, 0.05) is 16.1 Å². The standard InChI is InChI=1S/C15H15BrFNO/c1-19-15-7-6-11(17)9-12(15)14(18)8-10-4-2-3-5-13(10)16/h2-7,9,14H,8,18H2,1H3. The molecule has 2 N–H and O–H groups in total. The third-order valence-electron chi connectivity index (χ3n) is 2.99. The molecule has 0 fully saturated rings. The van der Waals surface area contributed by atoms with Gasteiger partial charge in [-0.05, 0) is 36.2 Å². The molecule has 0 heterocycles. The Morgan fingerprint density at radius 2 is 2.00 bits per heavy atom. The fraction of sp³-hybridized carbons (Fsp3) is 0.200. The van der Waals surface area contributed by atoms with E-state index in [1.54, 1.807) is 13.2 Å². The van der Waals surface area contributed by atoms with E-state index >= 15 is 0 Å². The summed E-state index contributed by atoms with van der Waals surface area (Å²) in [7, 11) is 1.56. The van der Waals surface area contributed by atoms with E-state index in [9.17, 15) is 4.39 Å². The number of hydrogen-bond acceptors (Lipinski definition) is 2. The lowest BCUT2D eigenvalue weighted by Gasteiger charge is -2.16. The van der Waals surface area contributed by atoms with Crippen LogP contribution in [0.15, 0.2) is 46.9 Å². The van der Waals surface area contributed by atoms with Gasteiger partial charge in [-0.15, -0.1) is 0 Å². The summed E-state index contributed by atoms with van der Waals surface area (Å²) in [5.74, 6) is 0.305. The van der Waals surface area contributed by atoms with E-state index < -0.39 is 0 Å². The molecule has 0 spiro atoms. The zero-order valence-electron chi connectivity index (χ0n) is 10.6. The molecule has 0 aromatic heterocycles. The van der Waals surface area contributed by atoms with Gasteiger partial charge in [-0.3, -0.25) is 0 Å². The fourth-order valence-electron chi connectivity index (χ4n) is 2.01. The Morgan fingerprint density at radius 1 is 1.26 bits per heavy atom. The quantitative estimate of drug-likeness (QED) is 0.927. The van der Waals surface area contributed by atoms with E-state index in [4.69, 9.17) is 10.5 Å². The summed E-state index contributed by atoms with van der Waals surface area (Å²) >= 11 is 3.49. The van der Waals surface area contributed by atoms with Gasteiger partial charge in [0.05, 0.1) is 7.11 Å². The van der Waals surface area contributed by atoms with Crippen LogP contribution in [0.5, 0.6) is 5.75 Å². The normalized spacial score (nSPS) is 12.2. The number of benzene rings is 2. The molecule has 0 bridgehead atoms. The first kappa shape index (κ1) is 14.0. The maximum absolute atomic E-state index is 13.3. The Morgan fingerprint density at radius 3 is 2.68 bits per heavy atom. The van der Waals surface area contributed by atoms with Crippen LogP contribution in [-0.4, -0.2) is 7.11 Å². The number of nitrogens with two attached hydrogens (primary N) is 1. The van der Waals surface area contributed by atoms with Crippen molar-refractivity contribution < 1.29 is 9.13 Å². The van der Waals surface area contributed by atoms with Crippen LogP contribution < -0.4 is 10.5 Å². The van der Waals surface area contributed by atoms with Gasteiger partial charge < -0.3 is 10.5 Å². The molecule has 2 rings (SSSR count). The summed E-state index contributed by atoms with van der Waals surface area (Å²) in [5, 5.41) is 0. The van der Waals surface area contributed by atoms with Crippen molar-refractivity contribution in [1.82, 2.24) is 0 Å². The van der Waals surface area contributed by atoms with Gasteiger partial charge in [-0.1, -0.05) is 34.1 Å². The van der Waals surface area contributed by atoms with Gasteiger partial charge >= 0.3 is 0 Å². The van der Waals surface area contributed by atoms with Crippen LogP contribution in [0.4, 0.5) is 4.39 Å². The monoisotopic (exact) mass is 323 g/mol. The van der Waals surface area contributed by atoms with Crippen LogP contribution in [0.2, 0.25) is 0 Å². The van der Waals surface area contributed by atoms with Crippen LogP contribution in [0.1, 0.15) is 17.2 Å². The summed E-state index contributed by atoms with van der Waals surface area (Å²) in [6.07, 6.45) is 0.612. The summed E-state index contributed by atoms with van der Waals surface area (Å²) in [6, 6.07) is 11.9. The van der Waals surface area contributed by atoms with Gasteiger partial charge in [0.25, 0.3) is 0 Å². The van der Waals surface area contributed by atoms with Gasteiger partial charge in [-0.2, -0.15) is 0 Å². The Balaban J connectivity index is 2.27. The van der Waals surface area contributed by atoms with E-state index in [0.717, 1.165) is 10.0 Å². The maximum Gasteiger partial charge on any atom is 0.123 e. The number of rotatable bonds is 4. The lowest BCUT2D eigenvalue weighted by molar-refractivity contribution is 0.404. The molecule has 0 aliphatic carbocycles. The molecule has 2 nitrogen and oxygen atoms in total. The predicted octanol–water partition coefficient (Wildman–Crippen LogP) is 3.84. The average Bonchev–Trinajstić information content (AvgIpc) is 2.41. The van der Waals surface area contributed by atoms with Crippen LogP contribution in [0.3, 0.4) is 0 Å². The van der Waals surface area contributed by atoms with Crippen molar-refractivity contribution in [3.63, 3.8) is 0 Å². The number of methoxy groups -OCH3 is 1. The van der Waals surface area contributed by atoms with Gasteiger partial charge in [0.2, 0.25) is 0 Å². The van der Waals surface area contributed by atoms with Gasteiger partial charge in [0.1, 0.15) is 11.6 Å². The van der Waals surface area contributed by atoms with Crippen molar-refractivity contribution in [2.75, 3.05) is 7.11 Å². The lowest BCUT2D eigenvalue weighted by atomic mass is 9.99. The van der Waals surface area contributed by atoms with Crippen LogP contribution in [-0.2, 0) is 6.42 Å². The Labute approximate surface area is 120 Å². The molecule has 4 heteroatoms. The Bertz CT molecular complexity index is 574. The zero-order chi connectivity index (χ0) is 13.8. The smallest absolute Gasteiger partial charge is 0.123 e. The third kappa shape index (κ3) is 3.33.